The molecule has 4 rings (SSSR count). The zero-order valence-electron chi connectivity index (χ0n) is 12.2. The van der Waals surface area contributed by atoms with E-state index >= 15 is 0 Å². The summed E-state index contributed by atoms with van der Waals surface area (Å²) in [7, 11) is 0. The molecule has 0 aliphatic carbocycles. The third-order valence-electron chi connectivity index (χ3n) is 3.67. The Labute approximate surface area is 147 Å². The number of halogens is 4. The number of pyridine rings is 1. The third-order valence-corrected chi connectivity index (χ3v) is 5.24. The number of alkyl halides is 3. The number of fused-ring (bicyclic) bond motifs is 4. The highest BCUT2D eigenvalue weighted by atomic mass is 35.5. The van der Waals surface area contributed by atoms with Crippen molar-refractivity contribution in [1.82, 2.24) is 4.98 Å². The molecule has 126 valence electrons. The van der Waals surface area contributed by atoms with Gasteiger partial charge in [-0.15, -0.1) is 24.5 Å². The maximum absolute atomic E-state index is 13.0. The van der Waals surface area contributed by atoms with Crippen molar-refractivity contribution in [2.45, 2.75) is 6.36 Å². The minimum absolute atomic E-state index is 0.145. The summed E-state index contributed by atoms with van der Waals surface area (Å²) in [5.41, 5.74) is 0.142. The van der Waals surface area contributed by atoms with Gasteiger partial charge in [-0.1, -0.05) is 29.8 Å². The number of ether oxygens (including phenoxy) is 1. The summed E-state index contributed by atoms with van der Waals surface area (Å²) in [6, 6.07) is 10.7. The van der Waals surface area contributed by atoms with E-state index in [2.05, 4.69) is 9.72 Å². The average molecular weight is 382 g/mol. The van der Waals surface area contributed by atoms with Gasteiger partial charge in [0.15, 0.2) is 5.43 Å². The molecule has 0 aliphatic heterocycles. The molecule has 0 unspecified atom stereocenters. The molecular formula is C17H7ClF3NO2S. The minimum atomic E-state index is -4.82. The minimum Gasteiger partial charge on any atom is -0.406 e. The highest BCUT2D eigenvalue weighted by molar-refractivity contribution is 7.25. The molecule has 2 aromatic carbocycles. The fourth-order valence-corrected chi connectivity index (χ4v) is 4.05. The van der Waals surface area contributed by atoms with Crippen LogP contribution in [-0.4, -0.2) is 11.3 Å². The Morgan fingerprint density at radius 1 is 1.08 bits per heavy atom. The zero-order chi connectivity index (χ0) is 17.8. The van der Waals surface area contributed by atoms with E-state index in [0.29, 0.717) is 25.7 Å². The topological polar surface area (TPSA) is 39.2 Å². The number of hydrogen-bond donors (Lipinski definition) is 0. The molecule has 0 bridgehead atoms. The van der Waals surface area contributed by atoms with Crippen molar-refractivity contribution < 1.29 is 17.9 Å². The first-order valence-corrected chi connectivity index (χ1v) is 8.23. The first-order chi connectivity index (χ1) is 11.8. The molecule has 2 heterocycles. The second-order valence-corrected chi connectivity index (χ2v) is 6.67. The van der Waals surface area contributed by atoms with Crippen LogP contribution in [0.5, 0.6) is 5.75 Å². The Morgan fingerprint density at radius 3 is 2.60 bits per heavy atom. The van der Waals surface area contributed by atoms with E-state index in [4.69, 9.17) is 11.6 Å². The smallest absolute Gasteiger partial charge is 0.406 e. The molecular weight excluding hydrogens is 375 g/mol. The average Bonchev–Trinajstić information content (AvgIpc) is 2.54. The van der Waals surface area contributed by atoms with Gasteiger partial charge >= 0.3 is 6.36 Å². The van der Waals surface area contributed by atoms with Crippen molar-refractivity contribution >= 4 is 54.0 Å². The van der Waals surface area contributed by atoms with Crippen LogP contribution in [0, 0.1) is 0 Å². The van der Waals surface area contributed by atoms with Crippen LogP contribution in [0.15, 0.2) is 47.3 Å². The van der Waals surface area contributed by atoms with Gasteiger partial charge in [-0.05, 0) is 24.3 Å². The van der Waals surface area contributed by atoms with E-state index in [9.17, 15) is 18.0 Å². The van der Waals surface area contributed by atoms with E-state index in [1.54, 1.807) is 24.3 Å². The molecule has 25 heavy (non-hydrogen) atoms. The largest absolute Gasteiger partial charge is 0.573 e. The van der Waals surface area contributed by atoms with Crippen LogP contribution in [-0.2, 0) is 0 Å². The second kappa shape index (κ2) is 5.57. The van der Waals surface area contributed by atoms with Crippen LogP contribution in [0.2, 0.25) is 5.15 Å². The Balaban J connectivity index is 2.11. The number of rotatable bonds is 1. The molecule has 8 heteroatoms. The van der Waals surface area contributed by atoms with Gasteiger partial charge in [0, 0.05) is 15.5 Å². The third kappa shape index (κ3) is 2.79. The van der Waals surface area contributed by atoms with Gasteiger partial charge in [0.25, 0.3) is 0 Å². The van der Waals surface area contributed by atoms with E-state index in [1.807, 2.05) is 0 Å². The highest BCUT2D eigenvalue weighted by Crippen LogP contribution is 2.35. The van der Waals surface area contributed by atoms with Gasteiger partial charge in [0.05, 0.1) is 15.6 Å². The maximum atomic E-state index is 13.0. The Bertz CT molecular complexity index is 1200. The summed E-state index contributed by atoms with van der Waals surface area (Å²) in [6.45, 7) is 0. The first kappa shape index (κ1) is 16.1. The molecule has 4 aromatic rings. The van der Waals surface area contributed by atoms with Crippen molar-refractivity contribution in [1.29, 1.82) is 0 Å². The number of aromatic nitrogens is 1. The maximum Gasteiger partial charge on any atom is 0.573 e. The summed E-state index contributed by atoms with van der Waals surface area (Å²) in [6.07, 6.45) is -4.82. The lowest BCUT2D eigenvalue weighted by molar-refractivity contribution is -0.274. The molecule has 0 amide bonds. The van der Waals surface area contributed by atoms with Gasteiger partial charge in [-0.3, -0.25) is 4.79 Å². The van der Waals surface area contributed by atoms with E-state index in [-0.39, 0.29) is 10.5 Å². The van der Waals surface area contributed by atoms with Crippen LogP contribution in [0.3, 0.4) is 0 Å². The van der Waals surface area contributed by atoms with Crippen LogP contribution in [0.4, 0.5) is 13.2 Å². The van der Waals surface area contributed by atoms with Crippen molar-refractivity contribution in [2.24, 2.45) is 0 Å². The van der Waals surface area contributed by atoms with E-state index < -0.39 is 17.5 Å². The fourth-order valence-electron chi connectivity index (χ4n) is 2.70. The van der Waals surface area contributed by atoms with Crippen molar-refractivity contribution in [3.63, 3.8) is 0 Å². The molecule has 0 radical (unpaired) electrons. The van der Waals surface area contributed by atoms with E-state index in [1.165, 1.54) is 23.5 Å². The zero-order valence-corrected chi connectivity index (χ0v) is 13.8. The lowest BCUT2D eigenvalue weighted by atomic mass is 10.1. The highest BCUT2D eigenvalue weighted by Gasteiger charge is 2.31. The van der Waals surface area contributed by atoms with Gasteiger partial charge in [0.1, 0.15) is 10.9 Å². The normalized spacial score (nSPS) is 12.2. The molecule has 0 atom stereocenters. The number of benzene rings is 2. The summed E-state index contributed by atoms with van der Waals surface area (Å²) in [5, 5.41) is 1.28. The summed E-state index contributed by atoms with van der Waals surface area (Å²) in [5.74, 6) is -0.437. The summed E-state index contributed by atoms with van der Waals surface area (Å²) in [4.78, 5) is 17.2. The van der Waals surface area contributed by atoms with Gasteiger partial charge in [-0.2, -0.15) is 0 Å². The Hall–Kier alpha value is -2.38. The lowest BCUT2D eigenvalue weighted by Gasteiger charge is -2.10. The number of hydrogen-bond acceptors (Lipinski definition) is 4. The molecule has 0 saturated carbocycles. The molecule has 0 fully saturated rings. The molecule has 0 N–H and O–H groups in total. The van der Waals surface area contributed by atoms with Gasteiger partial charge in [-0.25, -0.2) is 4.98 Å². The molecule has 3 nitrogen and oxygen atoms in total. The fraction of sp³-hybridized carbons (Fsp3) is 0.0588. The predicted octanol–water partition coefficient (Wildman–Crippen LogP) is 5.51. The molecule has 0 aliphatic rings. The van der Waals surface area contributed by atoms with Crippen molar-refractivity contribution in [3.8, 4) is 5.75 Å². The van der Waals surface area contributed by atoms with Crippen LogP contribution >= 0.6 is 22.9 Å². The monoisotopic (exact) mass is 381 g/mol. The Morgan fingerprint density at radius 2 is 1.84 bits per heavy atom. The van der Waals surface area contributed by atoms with Crippen molar-refractivity contribution in [2.75, 3.05) is 0 Å². The lowest BCUT2D eigenvalue weighted by Crippen LogP contribution is -2.17. The SMILES string of the molecule is O=c1c2cc(OC(F)(F)F)ccc2sc2c(Cl)nc3ccccc3c12. The first-order valence-electron chi connectivity index (χ1n) is 7.04. The Kier molecular flexibility index (Phi) is 3.59. The number of nitrogens with zero attached hydrogens (tertiary/aromatic N) is 1. The van der Waals surface area contributed by atoms with Crippen LogP contribution in [0.25, 0.3) is 31.1 Å². The summed E-state index contributed by atoms with van der Waals surface area (Å²) < 4.78 is 42.2. The molecule has 0 spiro atoms. The van der Waals surface area contributed by atoms with Gasteiger partial charge < -0.3 is 4.74 Å². The predicted molar refractivity (Wildman–Crippen MR) is 92.6 cm³/mol. The van der Waals surface area contributed by atoms with Crippen molar-refractivity contribution in [3.05, 3.63) is 57.8 Å². The molecule has 0 saturated heterocycles. The van der Waals surface area contributed by atoms with Crippen LogP contribution < -0.4 is 10.2 Å². The van der Waals surface area contributed by atoms with Gasteiger partial charge in [0.2, 0.25) is 0 Å². The standard InChI is InChI=1S/C17H7ClF3NO2S/c18-16-15-13(9-3-1-2-4-11(9)22-16)14(23)10-7-8(24-17(19,20)21)5-6-12(10)25-15/h1-7H. The van der Waals surface area contributed by atoms with Crippen LogP contribution in [0.1, 0.15) is 0 Å². The molecule has 2 aromatic heterocycles. The van der Waals surface area contributed by atoms with E-state index in [0.717, 1.165) is 6.07 Å². The number of para-hydroxylation sites is 1. The second-order valence-electron chi connectivity index (χ2n) is 5.26. The quantitative estimate of drug-likeness (QED) is 0.248. The summed E-state index contributed by atoms with van der Waals surface area (Å²) >= 11 is 7.42.